The zero-order valence-corrected chi connectivity index (χ0v) is 10.4. The van der Waals surface area contributed by atoms with E-state index in [1.165, 1.54) is 0 Å². The summed E-state index contributed by atoms with van der Waals surface area (Å²) in [7, 11) is 0. The van der Waals surface area contributed by atoms with Gasteiger partial charge in [0.25, 0.3) is 0 Å². The summed E-state index contributed by atoms with van der Waals surface area (Å²) >= 11 is 0. The molecule has 1 aromatic carbocycles. The van der Waals surface area contributed by atoms with Gasteiger partial charge in [-0.3, -0.25) is 5.41 Å². The molecule has 1 heterocycles. The Kier molecular flexibility index (Phi) is 3.72. The molecule has 1 aromatic heterocycles. The summed E-state index contributed by atoms with van der Waals surface area (Å²) in [5, 5.41) is 17.7. The lowest BCUT2D eigenvalue weighted by Gasteiger charge is -2.22. The van der Waals surface area contributed by atoms with Crippen LogP contribution in [-0.2, 0) is 0 Å². The van der Waals surface area contributed by atoms with Crippen molar-refractivity contribution in [1.82, 2.24) is 10.2 Å². The molecule has 0 saturated heterocycles. The SMILES string of the molecule is CCN(CCC(=N)N)c1nncc2ccccc12. The smallest absolute Gasteiger partial charge is 0.159 e. The number of aromatic nitrogens is 2. The number of nitrogens with two attached hydrogens (primary N) is 1. The Hall–Kier alpha value is -2.17. The molecule has 0 saturated carbocycles. The average Bonchev–Trinajstić information content (AvgIpc) is 2.39. The van der Waals surface area contributed by atoms with Gasteiger partial charge in [0.05, 0.1) is 12.0 Å². The Morgan fingerprint density at radius 2 is 2.17 bits per heavy atom. The molecule has 5 heteroatoms. The Balaban J connectivity index is 2.35. The van der Waals surface area contributed by atoms with Crippen LogP contribution in [0.1, 0.15) is 13.3 Å². The number of nitrogens with one attached hydrogen (secondary N) is 1. The molecule has 0 spiro atoms. The predicted octanol–water partition coefficient (Wildman–Crippen LogP) is 1.78. The summed E-state index contributed by atoms with van der Waals surface area (Å²) in [5.41, 5.74) is 5.41. The molecule has 18 heavy (non-hydrogen) atoms. The fourth-order valence-corrected chi connectivity index (χ4v) is 1.92. The molecule has 0 fully saturated rings. The largest absolute Gasteiger partial charge is 0.388 e. The minimum absolute atomic E-state index is 0.196. The monoisotopic (exact) mass is 243 g/mol. The summed E-state index contributed by atoms with van der Waals surface area (Å²) in [6.45, 7) is 3.56. The molecule has 0 radical (unpaired) electrons. The molecule has 94 valence electrons. The normalized spacial score (nSPS) is 10.5. The lowest BCUT2D eigenvalue weighted by molar-refractivity contribution is 0.805. The lowest BCUT2D eigenvalue weighted by atomic mass is 10.2. The number of fused-ring (bicyclic) bond motifs is 1. The van der Waals surface area contributed by atoms with Gasteiger partial charge in [-0.05, 0) is 6.92 Å². The zero-order valence-electron chi connectivity index (χ0n) is 10.4. The first-order chi connectivity index (χ1) is 8.72. The molecule has 0 aliphatic heterocycles. The van der Waals surface area contributed by atoms with E-state index in [1.807, 2.05) is 24.3 Å². The van der Waals surface area contributed by atoms with Crippen LogP contribution in [-0.4, -0.2) is 29.1 Å². The van der Waals surface area contributed by atoms with E-state index in [9.17, 15) is 0 Å². The second-order valence-corrected chi connectivity index (χ2v) is 4.11. The number of rotatable bonds is 5. The number of hydrogen-bond acceptors (Lipinski definition) is 4. The third kappa shape index (κ3) is 2.56. The highest BCUT2D eigenvalue weighted by Crippen LogP contribution is 2.22. The van der Waals surface area contributed by atoms with Crippen molar-refractivity contribution in [2.45, 2.75) is 13.3 Å². The molecule has 0 amide bonds. The number of nitrogens with zero attached hydrogens (tertiary/aromatic N) is 3. The molecule has 0 aliphatic carbocycles. The predicted molar refractivity (Wildman–Crippen MR) is 74.0 cm³/mol. The summed E-state index contributed by atoms with van der Waals surface area (Å²) < 4.78 is 0. The van der Waals surface area contributed by atoms with Crippen molar-refractivity contribution in [3.8, 4) is 0 Å². The third-order valence-corrected chi connectivity index (χ3v) is 2.88. The van der Waals surface area contributed by atoms with Gasteiger partial charge in [0.2, 0.25) is 0 Å². The van der Waals surface area contributed by atoms with Crippen molar-refractivity contribution in [2.24, 2.45) is 5.73 Å². The Bertz CT molecular complexity index is 547. The molecule has 3 N–H and O–H groups in total. The minimum atomic E-state index is 0.196. The first-order valence-corrected chi connectivity index (χ1v) is 6.00. The van der Waals surface area contributed by atoms with Crippen LogP contribution in [0.3, 0.4) is 0 Å². The molecule has 0 unspecified atom stereocenters. The van der Waals surface area contributed by atoms with Crippen LogP contribution in [0.2, 0.25) is 0 Å². The van der Waals surface area contributed by atoms with Crippen LogP contribution >= 0.6 is 0 Å². The number of hydrogen-bond donors (Lipinski definition) is 2. The Morgan fingerprint density at radius 1 is 1.39 bits per heavy atom. The number of anilines is 1. The van der Waals surface area contributed by atoms with Crippen LogP contribution < -0.4 is 10.6 Å². The highest BCUT2D eigenvalue weighted by Gasteiger charge is 2.10. The van der Waals surface area contributed by atoms with E-state index in [2.05, 4.69) is 22.0 Å². The van der Waals surface area contributed by atoms with Gasteiger partial charge >= 0.3 is 0 Å². The van der Waals surface area contributed by atoms with Gasteiger partial charge in [0.1, 0.15) is 0 Å². The Morgan fingerprint density at radius 3 is 2.89 bits per heavy atom. The van der Waals surface area contributed by atoms with Gasteiger partial charge in [0.15, 0.2) is 5.82 Å². The summed E-state index contributed by atoms with van der Waals surface area (Å²) in [4.78, 5) is 2.09. The molecule has 0 aliphatic rings. The fraction of sp³-hybridized carbons (Fsp3) is 0.308. The number of amidine groups is 1. The maximum absolute atomic E-state index is 7.30. The van der Waals surface area contributed by atoms with Gasteiger partial charge in [-0.1, -0.05) is 24.3 Å². The van der Waals surface area contributed by atoms with Gasteiger partial charge in [-0.2, -0.15) is 5.10 Å². The van der Waals surface area contributed by atoms with Crippen molar-refractivity contribution < 1.29 is 0 Å². The molecule has 2 rings (SSSR count). The van der Waals surface area contributed by atoms with Crippen LogP contribution in [0, 0.1) is 5.41 Å². The van der Waals surface area contributed by atoms with E-state index in [-0.39, 0.29) is 5.84 Å². The van der Waals surface area contributed by atoms with Crippen molar-refractivity contribution >= 4 is 22.4 Å². The average molecular weight is 243 g/mol. The summed E-state index contributed by atoms with van der Waals surface area (Å²) in [6.07, 6.45) is 2.30. The second-order valence-electron chi connectivity index (χ2n) is 4.11. The van der Waals surface area contributed by atoms with E-state index in [4.69, 9.17) is 11.1 Å². The lowest BCUT2D eigenvalue weighted by Crippen LogP contribution is -2.28. The van der Waals surface area contributed by atoms with Crippen LogP contribution in [0.5, 0.6) is 0 Å². The number of benzene rings is 1. The van der Waals surface area contributed by atoms with E-state index in [0.29, 0.717) is 13.0 Å². The van der Waals surface area contributed by atoms with Gasteiger partial charge in [0, 0.05) is 30.3 Å². The molecule has 5 nitrogen and oxygen atoms in total. The molecular weight excluding hydrogens is 226 g/mol. The second kappa shape index (κ2) is 5.44. The fourth-order valence-electron chi connectivity index (χ4n) is 1.92. The van der Waals surface area contributed by atoms with Crippen molar-refractivity contribution in [1.29, 1.82) is 5.41 Å². The Labute approximate surface area is 106 Å². The molecular formula is C13H17N5. The highest BCUT2D eigenvalue weighted by molar-refractivity contribution is 5.91. The van der Waals surface area contributed by atoms with E-state index >= 15 is 0 Å². The van der Waals surface area contributed by atoms with E-state index < -0.39 is 0 Å². The molecule has 0 bridgehead atoms. The van der Waals surface area contributed by atoms with Gasteiger partial charge < -0.3 is 10.6 Å². The minimum Gasteiger partial charge on any atom is -0.388 e. The van der Waals surface area contributed by atoms with Crippen molar-refractivity contribution in [2.75, 3.05) is 18.0 Å². The van der Waals surface area contributed by atoms with Crippen molar-refractivity contribution in [3.63, 3.8) is 0 Å². The maximum Gasteiger partial charge on any atom is 0.159 e. The third-order valence-electron chi connectivity index (χ3n) is 2.88. The summed E-state index contributed by atoms with van der Waals surface area (Å²) in [6, 6.07) is 8.04. The van der Waals surface area contributed by atoms with E-state index in [1.54, 1.807) is 6.20 Å². The maximum atomic E-state index is 7.30. The first-order valence-electron chi connectivity index (χ1n) is 6.00. The highest BCUT2D eigenvalue weighted by atomic mass is 15.3. The standard InChI is InChI=1S/C13H17N5/c1-2-18(8-7-12(14)15)13-11-6-4-3-5-10(11)9-16-17-13/h3-6,9H,2,7-8H2,1H3,(H3,14,15). The quantitative estimate of drug-likeness (QED) is 0.619. The van der Waals surface area contributed by atoms with E-state index in [0.717, 1.165) is 23.1 Å². The van der Waals surface area contributed by atoms with Crippen LogP contribution in [0.25, 0.3) is 10.8 Å². The van der Waals surface area contributed by atoms with Crippen molar-refractivity contribution in [3.05, 3.63) is 30.5 Å². The summed E-state index contributed by atoms with van der Waals surface area (Å²) in [5.74, 6) is 1.05. The van der Waals surface area contributed by atoms with Gasteiger partial charge in [-0.25, -0.2) is 0 Å². The zero-order chi connectivity index (χ0) is 13.0. The molecule has 2 aromatic rings. The van der Waals surface area contributed by atoms with Gasteiger partial charge in [-0.15, -0.1) is 5.10 Å². The molecule has 0 atom stereocenters. The first kappa shape index (κ1) is 12.3. The van der Waals surface area contributed by atoms with Crippen LogP contribution in [0.15, 0.2) is 30.5 Å². The topological polar surface area (TPSA) is 78.9 Å². The van der Waals surface area contributed by atoms with Crippen LogP contribution in [0.4, 0.5) is 5.82 Å².